The zero-order valence-corrected chi connectivity index (χ0v) is 10.9. The molecule has 1 aromatic rings. The molecule has 0 saturated carbocycles. The van der Waals surface area contributed by atoms with Gasteiger partial charge in [0.25, 0.3) is 0 Å². The first kappa shape index (κ1) is 14.6. The molecule has 0 bridgehead atoms. The number of carbonyl (C=O) groups is 3. The molecule has 1 aromatic carbocycles. The Hall–Kier alpha value is -2.43. The predicted octanol–water partition coefficient (Wildman–Crippen LogP) is 1.62. The summed E-state index contributed by atoms with van der Waals surface area (Å²) >= 11 is 0. The molecule has 0 fully saturated rings. The average Bonchev–Trinajstić information content (AvgIpc) is 2.43. The first-order valence-corrected chi connectivity index (χ1v) is 5.49. The number of benzene rings is 1. The molecule has 5 nitrogen and oxygen atoms in total. The highest BCUT2D eigenvalue weighted by Crippen LogP contribution is 2.12. The van der Waals surface area contributed by atoms with E-state index in [9.17, 15) is 14.4 Å². The molecule has 5 heteroatoms. The van der Waals surface area contributed by atoms with E-state index in [1.54, 1.807) is 18.2 Å². The van der Waals surface area contributed by atoms with Crippen LogP contribution in [0.4, 0.5) is 0 Å². The van der Waals surface area contributed by atoms with Gasteiger partial charge in [0.1, 0.15) is 5.57 Å². The number of esters is 2. The monoisotopic (exact) mass is 262 g/mol. The highest BCUT2D eigenvalue weighted by molar-refractivity contribution is 6.19. The van der Waals surface area contributed by atoms with Crippen LogP contribution in [0.2, 0.25) is 0 Å². The van der Waals surface area contributed by atoms with Gasteiger partial charge in [0.05, 0.1) is 19.8 Å². The minimum absolute atomic E-state index is 0.0792. The summed E-state index contributed by atoms with van der Waals surface area (Å²) in [6.45, 7) is 1.27. The summed E-state index contributed by atoms with van der Waals surface area (Å²) in [6.07, 6.45) is 1.38. The summed E-state index contributed by atoms with van der Waals surface area (Å²) in [7, 11) is 2.48. The van der Waals surface area contributed by atoms with Crippen molar-refractivity contribution in [3.8, 4) is 0 Å². The summed E-state index contributed by atoms with van der Waals surface area (Å²) in [6, 6.07) is 6.40. The number of ketones is 1. The van der Waals surface area contributed by atoms with Gasteiger partial charge in [-0.25, -0.2) is 9.59 Å². The Kier molecular flexibility index (Phi) is 5.00. The lowest BCUT2D eigenvalue weighted by atomic mass is 10.1. The van der Waals surface area contributed by atoms with E-state index in [0.717, 1.165) is 0 Å². The third kappa shape index (κ3) is 3.77. The van der Waals surface area contributed by atoms with Crippen molar-refractivity contribution in [2.24, 2.45) is 0 Å². The van der Waals surface area contributed by atoms with Crippen LogP contribution in [-0.4, -0.2) is 31.9 Å². The van der Waals surface area contributed by atoms with Gasteiger partial charge in [0, 0.05) is 0 Å². The minimum Gasteiger partial charge on any atom is -0.465 e. The molecule has 0 unspecified atom stereocenters. The second-order valence-electron chi connectivity index (χ2n) is 3.72. The molecule has 0 aliphatic heterocycles. The fourth-order valence-electron chi connectivity index (χ4n) is 1.45. The first-order chi connectivity index (χ1) is 8.99. The van der Waals surface area contributed by atoms with Crippen LogP contribution in [0.3, 0.4) is 0 Å². The van der Waals surface area contributed by atoms with Crippen molar-refractivity contribution < 1.29 is 23.9 Å². The molecule has 0 radical (unpaired) electrons. The van der Waals surface area contributed by atoms with Gasteiger partial charge in [0.2, 0.25) is 0 Å². The maximum atomic E-state index is 11.4. The second kappa shape index (κ2) is 6.49. The SMILES string of the molecule is COC(=O)/C(=C/c1cccc(C(=O)OC)c1)C(C)=O. The van der Waals surface area contributed by atoms with Crippen LogP contribution < -0.4 is 0 Å². The lowest BCUT2D eigenvalue weighted by Gasteiger charge is -2.03. The molecular formula is C14H14O5. The van der Waals surface area contributed by atoms with Crippen LogP contribution in [-0.2, 0) is 19.1 Å². The van der Waals surface area contributed by atoms with Gasteiger partial charge in [-0.15, -0.1) is 0 Å². The predicted molar refractivity (Wildman–Crippen MR) is 68.5 cm³/mol. The molecule has 0 spiro atoms. The molecule has 0 aliphatic carbocycles. The van der Waals surface area contributed by atoms with Crippen LogP contribution in [0.15, 0.2) is 29.8 Å². The molecule has 0 saturated heterocycles. The number of rotatable bonds is 4. The highest BCUT2D eigenvalue weighted by Gasteiger charge is 2.15. The Balaban J connectivity index is 3.18. The summed E-state index contributed by atoms with van der Waals surface area (Å²) < 4.78 is 9.12. The van der Waals surface area contributed by atoms with Crippen LogP contribution >= 0.6 is 0 Å². The number of carbonyl (C=O) groups excluding carboxylic acids is 3. The Morgan fingerprint density at radius 3 is 2.32 bits per heavy atom. The molecule has 1 rings (SSSR count). The van der Waals surface area contributed by atoms with E-state index in [1.165, 1.54) is 33.3 Å². The van der Waals surface area contributed by atoms with E-state index in [2.05, 4.69) is 9.47 Å². The van der Waals surface area contributed by atoms with E-state index in [4.69, 9.17) is 0 Å². The topological polar surface area (TPSA) is 69.7 Å². The number of ether oxygens (including phenoxy) is 2. The van der Waals surface area contributed by atoms with E-state index < -0.39 is 17.7 Å². The number of methoxy groups -OCH3 is 2. The third-order valence-corrected chi connectivity index (χ3v) is 2.40. The molecule has 0 aromatic heterocycles. The number of hydrogen-bond acceptors (Lipinski definition) is 5. The van der Waals surface area contributed by atoms with Crippen LogP contribution in [0.5, 0.6) is 0 Å². The fraction of sp³-hybridized carbons (Fsp3) is 0.214. The summed E-state index contributed by atoms with van der Waals surface area (Å²) in [5.74, 6) is -1.61. The largest absolute Gasteiger partial charge is 0.465 e. The smallest absolute Gasteiger partial charge is 0.341 e. The van der Waals surface area contributed by atoms with E-state index in [1.807, 2.05) is 0 Å². The molecule has 0 heterocycles. The molecular weight excluding hydrogens is 248 g/mol. The van der Waals surface area contributed by atoms with Gasteiger partial charge in [0.15, 0.2) is 5.78 Å². The van der Waals surface area contributed by atoms with Crippen LogP contribution in [0.25, 0.3) is 6.08 Å². The Morgan fingerprint density at radius 2 is 1.79 bits per heavy atom. The quantitative estimate of drug-likeness (QED) is 0.357. The van der Waals surface area contributed by atoms with Crippen LogP contribution in [0.1, 0.15) is 22.8 Å². The van der Waals surface area contributed by atoms with Gasteiger partial charge in [-0.05, 0) is 30.7 Å². The van der Waals surface area contributed by atoms with Gasteiger partial charge in [-0.1, -0.05) is 12.1 Å². The zero-order chi connectivity index (χ0) is 14.4. The summed E-state index contributed by atoms with van der Waals surface area (Å²) in [5, 5.41) is 0. The average molecular weight is 262 g/mol. The second-order valence-corrected chi connectivity index (χ2v) is 3.72. The third-order valence-electron chi connectivity index (χ3n) is 2.40. The van der Waals surface area contributed by atoms with Crippen molar-refractivity contribution in [1.29, 1.82) is 0 Å². The zero-order valence-electron chi connectivity index (χ0n) is 10.9. The van der Waals surface area contributed by atoms with E-state index >= 15 is 0 Å². The van der Waals surface area contributed by atoms with Crippen molar-refractivity contribution >= 4 is 23.8 Å². The molecule has 0 amide bonds. The number of Topliss-reactive ketones (excluding diaryl/α,β-unsaturated/α-hetero) is 1. The molecule has 19 heavy (non-hydrogen) atoms. The lowest BCUT2D eigenvalue weighted by molar-refractivity contribution is -0.137. The molecule has 0 atom stereocenters. The van der Waals surface area contributed by atoms with Crippen molar-refractivity contribution in [3.05, 3.63) is 41.0 Å². The summed E-state index contributed by atoms with van der Waals surface area (Å²) in [4.78, 5) is 34.2. The Bertz CT molecular complexity index is 543. The minimum atomic E-state index is -0.712. The van der Waals surface area contributed by atoms with E-state index in [0.29, 0.717) is 11.1 Å². The highest BCUT2D eigenvalue weighted by atomic mass is 16.5. The van der Waals surface area contributed by atoms with Gasteiger partial charge in [-0.2, -0.15) is 0 Å². The van der Waals surface area contributed by atoms with Crippen molar-refractivity contribution in [2.75, 3.05) is 14.2 Å². The van der Waals surface area contributed by atoms with Gasteiger partial charge in [-0.3, -0.25) is 4.79 Å². The molecule has 0 aliphatic rings. The fourth-order valence-corrected chi connectivity index (χ4v) is 1.45. The van der Waals surface area contributed by atoms with Crippen molar-refractivity contribution in [3.63, 3.8) is 0 Å². The van der Waals surface area contributed by atoms with Gasteiger partial charge < -0.3 is 9.47 Å². The lowest BCUT2D eigenvalue weighted by Crippen LogP contribution is -2.11. The van der Waals surface area contributed by atoms with Crippen LogP contribution in [0, 0.1) is 0 Å². The molecule has 0 N–H and O–H groups in total. The first-order valence-electron chi connectivity index (χ1n) is 5.49. The summed E-state index contributed by atoms with van der Waals surface area (Å²) in [5.41, 5.74) is 0.798. The van der Waals surface area contributed by atoms with Crippen molar-refractivity contribution in [2.45, 2.75) is 6.92 Å². The number of hydrogen-bond donors (Lipinski definition) is 0. The Morgan fingerprint density at radius 1 is 1.11 bits per heavy atom. The maximum Gasteiger partial charge on any atom is 0.341 e. The Labute approximate surface area is 110 Å². The van der Waals surface area contributed by atoms with Crippen molar-refractivity contribution in [1.82, 2.24) is 0 Å². The van der Waals surface area contributed by atoms with Gasteiger partial charge >= 0.3 is 11.9 Å². The van der Waals surface area contributed by atoms with E-state index in [-0.39, 0.29) is 5.57 Å². The maximum absolute atomic E-state index is 11.4. The normalized spacial score (nSPS) is 10.8. The molecule has 100 valence electrons. The standard InChI is InChI=1S/C14H14O5/c1-9(15)12(14(17)19-3)8-10-5-4-6-11(7-10)13(16)18-2/h4-8H,1-3H3/b12-8+.